The maximum atomic E-state index is 12.3. The molecule has 6 heteroatoms. The van der Waals surface area contributed by atoms with Gasteiger partial charge in [0.15, 0.2) is 0 Å². The van der Waals surface area contributed by atoms with Crippen LogP contribution in [0.5, 0.6) is 5.75 Å². The Balaban J connectivity index is 1.60. The summed E-state index contributed by atoms with van der Waals surface area (Å²) in [6.45, 7) is 2.52. The van der Waals surface area contributed by atoms with Crippen molar-refractivity contribution in [2.45, 2.75) is 24.8 Å². The number of hydrazone groups is 1. The molecule has 0 saturated carbocycles. The molecule has 0 atom stereocenters. The zero-order chi connectivity index (χ0) is 21.3. The summed E-state index contributed by atoms with van der Waals surface area (Å²) in [5, 5.41) is 4.71. The van der Waals surface area contributed by atoms with E-state index in [0.29, 0.717) is 17.4 Å². The van der Waals surface area contributed by atoms with Gasteiger partial charge < -0.3 is 4.74 Å². The molecule has 0 radical (unpaired) electrons. The number of carbonyl (C=O) groups excluding carboxylic acids is 1. The topological polar surface area (TPSA) is 50.7 Å². The number of halogens is 1. The van der Waals surface area contributed by atoms with Gasteiger partial charge in [0, 0.05) is 15.5 Å². The van der Waals surface area contributed by atoms with Crippen LogP contribution in [-0.2, 0) is 17.8 Å². The number of nitrogens with one attached hydrogen (secondary N) is 1. The number of rotatable bonds is 8. The van der Waals surface area contributed by atoms with Gasteiger partial charge in [0.1, 0.15) is 12.4 Å². The van der Waals surface area contributed by atoms with E-state index in [9.17, 15) is 4.79 Å². The van der Waals surface area contributed by atoms with Crippen LogP contribution in [-0.4, -0.2) is 18.4 Å². The Hall–Kier alpha value is -2.76. The second-order valence-electron chi connectivity index (χ2n) is 6.74. The maximum Gasteiger partial charge on any atom is 0.244 e. The molecule has 0 heterocycles. The number of aryl methyl sites for hydroxylation is 1. The van der Waals surface area contributed by atoms with Crippen molar-refractivity contribution in [2.24, 2.45) is 5.10 Å². The lowest BCUT2D eigenvalue weighted by atomic mass is 10.1. The standard InChI is InChI=1S/C24H23ClN2O2S/c1-17-7-9-18(10-8-17)16-29-22-6-4-3-5-19(22)15-26-27-24(28)14-20-13-21(25)11-12-23(20)30-2/h3-13,15H,14,16H2,1-2H3,(H,27,28)/b26-15-. The summed E-state index contributed by atoms with van der Waals surface area (Å²) in [6, 6.07) is 21.3. The van der Waals surface area contributed by atoms with Crippen molar-refractivity contribution in [2.75, 3.05) is 6.26 Å². The molecule has 0 aromatic heterocycles. The second kappa shape index (κ2) is 10.9. The SMILES string of the molecule is CSc1ccc(Cl)cc1CC(=O)N/N=C\c1ccccc1OCc1ccc(C)cc1. The van der Waals surface area contributed by atoms with Crippen molar-refractivity contribution in [3.05, 3.63) is 94.0 Å². The quantitative estimate of drug-likeness (QED) is 0.281. The van der Waals surface area contributed by atoms with Gasteiger partial charge in [0.05, 0.1) is 12.6 Å². The van der Waals surface area contributed by atoms with Gasteiger partial charge >= 0.3 is 0 Å². The Kier molecular flexibility index (Phi) is 7.94. The highest BCUT2D eigenvalue weighted by atomic mass is 35.5. The lowest BCUT2D eigenvalue weighted by Crippen LogP contribution is -2.20. The molecule has 4 nitrogen and oxygen atoms in total. The van der Waals surface area contributed by atoms with E-state index >= 15 is 0 Å². The summed E-state index contributed by atoms with van der Waals surface area (Å²) in [4.78, 5) is 13.3. The number of nitrogens with zero attached hydrogens (tertiary/aromatic N) is 1. The van der Waals surface area contributed by atoms with E-state index in [0.717, 1.165) is 21.6 Å². The molecule has 3 rings (SSSR count). The minimum absolute atomic E-state index is 0.207. The van der Waals surface area contributed by atoms with Crippen LogP contribution in [0, 0.1) is 6.92 Å². The van der Waals surface area contributed by atoms with Gasteiger partial charge in [0.2, 0.25) is 5.91 Å². The number of para-hydroxylation sites is 1. The van der Waals surface area contributed by atoms with E-state index < -0.39 is 0 Å². The van der Waals surface area contributed by atoms with Gasteiger partial charge in [-0.2, -0.15) is 5.10 Å². The van der Waals surface area contributed by atoms with Crippen LogP contribution in [0.3, 0.4) is 0 Å². The number of ether oxygens (including phenoxy) is 1. The Labute approximate surface area is 186 Å². The molecule has 3 aromatic carbocycles. The molecule has 154 valence electrons. The first-order valence-corrected chi connectivity index (χ1v) is 11.1. The number of thioether (sulfide) groups is 1. The minimum atomic E-state index is -0.207. The van der Waals surface area contributed by atoms with Gasteiger partial charge in [0.25, 0.3) is 0 Å². The van der Waals surface area contributed by atoms with Crippen LogP contribution in [0.2, 0.25) is 5.02 Å². The summed E-state index contributed by atoms with van der Waals surface area (Å²) < 4.78 is 5.94. The van der Waals surface area contributed by atoms with Crippen molar-refractivity contribution in [3.8, 4) is 5.75 Å². The van der Waals surface area contributed by atoms with Crippen molar-refractivity contribution in [1.82, 2.24) is 5.43 Å². The molecular formula is C24H23ClN2O2S. The Bertz CT molecular complexity index is 1040. The fraction of sp³-hybridized carbons (Fsp3) is 0.167. The molecule has 30 heavy (non-hydrogen) atoms. The number of benzene rings is 3. The third kappa shape index (κ3) is 6.37. The van der Waals surface area contributed by atoms with E-state index in [1.807, 2.05) is 60.9 Å². The zero-order valence-electron chi connectivity index (χ0n) is 16.9. The lowest BCUT2D eigenvalue weighted by Gasteiger charge is -2.09. The highest BCUT2D eigenvalue weighted by Crippen LogP contribution is 2.24. The average molecular weight is 439 g/mol. The van der Waals surface area contributed by atoms with Gasteiger partial charge in [-0.15, -0.1) is 11.8 Å². The summed E-state index contributed by atoms with van der Waals surface area (Å²) in [5.74, 6) is 0.498. The van der Waals surface area contributed by atoms with Gasteiger partial charge in [-0.25, -0.2) is 5.43 Å². The summed E-state index contributed by atoms with van der Waals surface area (Å²) in [6.07, 6.45) is 3.77. The molecule has 0 fully saturated rings. The normalized spacial score (nSPS) is 10.9. The molecule has 0 saturated heterocycles. The van der Waals surface area contributed by atoms with Crippen LogP contribution >= 0.6 is 23.4 Å². The fourth-order valence-electron chi connectivity index (χ4n) is 2.84. The van der Waals surface area contributed by atoms with Gasteiger partial charge in [-0.3, -0.25) is 4.79 Å². The first-order chi connectivity index (χ1) is 14.5. The smallest absolute Gasteiger partial charge is 0.244 e. The number of amides is 1. The van der Waals surface area contributed by atoms with Crippen molar-refractivity contribution in [1.29, 1.82) is 0 Å². The third-order valence-electron chi connectivity index (χ3n) is 4.42. The zero-order valence-corrected chi connectivity index (χ0v) is 18.5. The monoisotopic (exact) mass is 438 g/mol. The molecule has 0 aliphatic heterocycles. The maximum absolute atomic E-state index is 12.3. The van der Waals surface area contributed by atoms with Crippen LogP contribution in [0.25, 0.3) is 0 Å². The fourth-order valence-corrected chi connectivity index (χ4v) is 3.63. The number of hydrogen-bond acceptors (Lipinski definition) is 4. The molecule has 0 bridgehead atoms. The molecule has 0 unspecified atom stereocenters. The van der Waals surface area contributed by atoms with Crippen molar-refractivity contribution in [3.63, 3.8) is 0 Å². The summed E-state index contributed by atoms with van der Waals surface area (Å²) >= 11 is 7.64. The molecule has 1 N–H and O–H groups in total. The van der Waals surface area contributed by atoms with Crippen LogP contribution in [0.1, 0.15) is 22.3 Å². The third-order valence-corrected chi connectivity index (χ3v) is 5.49. The Morgan fingerprint density at radius 1 is 1.13 bits per heavy atom. The van der Waals surface area contributed by atoms with Crippen LogP contribution < -0.4 is 10.2 Å². The van der Waals surface area contributed by atoms with E-state index in [1.54, 1.807) is 18.0 Å². The number of hydrogen-bond donors (Lipinski definition) is 1. The highest BCUT2D eigenvalue weighted by Gasteiger charge is 2.08. The van der Waals surface area contributed by atoms with E-state index in [4.69, 9.17) is 16.3 Å². The molecular weight excluding hydrogens is 416 g/mol. The van der Waals surface area contributed by atoms with Crippen LogP contribution in [0.4, 0.5) is 0 Å². The molecule has 0 aliphatic carbocycles. The number of carbonyl (C=O) groups is 1. The van der Waals surface area contributed by atoms with Gasteiger partial charge in [-0.05, 0) is 54.6 Å². The second-order valence-corrected chi connectivity index (χ2v) is 8.02. The Morgan fingerprint density at radius 3 is 2.67 bits per heavy atom. The molecule has 0 spiro atoms. The molecule has 3 aromatic rings. The van der Waals surface area contributed by atoms with Gasteiger partial charge in [-0.1, -0.05) is 53.6 Å². The lowest BCUT2D eigenvalue weighted by molar-refractivity contribution is -0.120. The average Bonchev–Trinajstić information content (AvgIpc) is 2.74. The Morgan fingerprint density at radius 2 is 1.90 bits per heavy atom. The van der Waals surface area contributed by atoms with Crippen molar-refractivity contribution >= 4 is 35.5 Å². The van der Waals surface area contributed by atoms with E-state index in [2.05, 4.69) is 29.6 Å². The highest BCUT2D eigenvalue weighted by molar-refractivity contribution is 7.98. The van der Waals surface area contributed by atoms with Crippen LogP contribution in [0.15, 0.2) is 76.7 Å². The first-order valence-electron chi connectivity index (χ1n) is 9.47. The van der Waals surface area contributed by atoms with E-state index in [-0.39, 0.29) is 12.3 Å². The predicted octanol–water partition coefficient (Wildman–Crippen LogP) is 5.64. The largest absolute Gasteiger partial charge is 0.488 e. The molecule has 1 amide bonds. The minimum Gasteiger partial charge on any atom is -0.488 e. The predicted molar refractivity (Wildman–Crippen MR) is 125 cm³/mol. The van der Waals surface area contributed by atoms with E-state index in [1.165, 1.54) is 5.56 Å². The summed E-state index contributed by atoms with van der Waals surface area (Å²) in [5.41, 5.74) is 6.55. The molecule has 0 aliphatic rings. The van der Waals surface area contributed by atoms with Crippen molar-refractivity contribution < 1.29 is 9.53 Å². The first kappa shape index (κ1) is 21.9. The summed E-state index contributed by atoms with van der Waals surface area (Å²) in [7, 11) is 0.